The first-order valence-electron chi connectivity index (χ1n) is 8.48. The fraction of sp³-hybridized carbons (Fsp3) is 0.500. The molecule has 1 aliphatic rings. The quantitative estimate of drug-likeness (QED) is 0.838. The van der Waals surface area contributed by atoms with Gasteiger partial charge in [0.25, 0.3) is 0 Å². The number of carbonyl (C=O) groups is 1. The van der Waals surface area contributed by atoms with E-state index in [1.165, 1.54) is 0 Å². The van der Waals surface area contributed by atoms with Crippen molar-refractivity contribution in [1.82, 2.24) is 19.9 Å². The number of pyridine rings is 1. The minimum absolute atomic E-state index is 0.372. The Bertz CT molecular complexity index is 781. The second kappa shape index (κ2) is 7.15. The summed E-state index contributed by atoms with van der Waals surface area (Å²) >= 11 is 3.49. The third-order valence-electron chi connectivity index (χ3n) is 4.84. The highest BCUT2D eigenvalue weighted by Gasteiger charge is 2.39. The van der Waals surface area contributed by atoms with E-state index in [-0.39, 0.29) is 6.09 Å². The van der Waals surface area contributed by atoms with Crippen molar-refractivity contribution >= 4 is 22.0 Å². The molecule has 0 spiro atoms. The van der Waals surface area contributed by atoms with Gasteiger partial charge in [0.1, 0.15) is 11.3 Å². The van der Waals surface area contributed by atoms with E-state index in [1.807, 2.05) is 30.7 Å². The number of amides is 1. The zero-order chi connectivity index (χ0) is 18.0. The van der Waals surface area contributed by atoms with Crippen LogP contribution >= 0.6 is 15.9 Å². The van der Waals surface area contributed by atoms with Gasteiger partial charge in [-0.25, -0.2) is 9.78 Å². The molecule has 0 aliphatic heterocycles. The molecule has 1 aliphatic carbocycles. The number of imidazole rings is 1. The monoisotopic (exact) mass is 406 g/mol. The fourth-order valence-electron chi connectivity index (χ4n) is 3.44. The summed E-state index contributed by atoms with van der Waals surface area (Å²) < 4.78 is 8.77. The van der Waals surface area contributed by atoms with Crippen LogP contribution in [0.3, 0.4) is 0 Å². The van der Waals surface area contributed by atoms with Gasteiger partial charge < -0.3 is 14.6 Å². The molecule has 3 rings (SSSR count). The Balaban J connectivity index is 1.95. The Kier molecular flexibility index (Phi) is 5.13. The van der Waals surface area contributed by atoms with Crippen molar-refractivity contribution in [1.29, 1.82) is 0 Å². The number of ether oxygens (including phenoxy) is 1. The summed E-state index contributed by atoms with van der Waals surface area (Å²) in [4.78, 5) is 21.1. The van der Waals surface area contributed by atoms with Crippen molar-refractivity contribution in [3.05, 3.63) is 34.3 Å². The molecular weight excluding hydrogens is 384 g/mol. The Labute approximate surface area is 156 Å². The Morgan fingerprint density at radius 1 is 1.40 bits per heavy atom. The summed E-state index contributed by atoms with van der Waals surface area (Å²) in [7, 11) is 3.56. The molecule has 0 atom stereocenters. The lowest BCUT2D eigenvalue weighted by Gasteiger charge is -2.29. The molecule has 0 saturated heterocycles. The summed E-state index contributed by atoms with van der Waals surface area (Å²) in [6.07, 6.45) is 5.95. The maximum atomic E-state index is 11.9. The van der Waals surface area contributed by atoms with Gasteiger partial charge in [-0.15, -0.1) is 0 Å². The van der Waals surface area contributed by atoms with Crippen LogP contribution in [0.15, 0.2) is 22.9 Å². The molecule has 1 fully saturated rings. The molecule has 1 N–H and O–H groups in total. The number of nitrogens with one attached hydrogen (secondary N) is 1. The smallest absolute Gasteiger partial charge is 0.407 e. The van der Waals surface area contributed by atoms with Gasteiger partial charge in [-0.1, -0.05) is 0 Å². The normalized spacial score (nSPS) is 16.0. The third kappa shape index (κ3) is 3.71. The lowest BCUT2D eigenvalue weighted by Crippen LogP contribution is -2.38. The Hall–Kier alpha value is -1.89. The maximum Gasteiger partial charge on any atom is 0.407 e. The topological polar surface area (TPSA) is 69.0 Å². The van der Waals surface area contributed by atoms with Gasteiger partial charge >= 0.3 is 6.09 Å². The summed E-state index contributed by atoms with van der Waals surface area (Å²) in [5.74, 6) is 0. The summed E-state index contributed by atoms with van der Waals surface area (Å²) in [6, 6.07) is 3.95. The van der Waals surface area contributed by atoms with Crippen molar-refractivity contribution in [3.63, 3.8) is 0 Å². The number of halogens is 1. The van der Waals surface area contributed by atoms with Crippen LogP contribution in [0.5, 0.6) is 0 Å². The fourth-order valence-corrected chi connectivity index (χ4v) is 3.66. The van der Waals surface area contributed by atoms with Crippen LogP contribution in [0.4, 0.5) is 4.79 Å². The molecule has 1 saturated carbocycles. The molecule has 25 heavy (non-hydrogen) atoms. The number of hydrogen-bond donors (Lipinski definition) is 1. The van der Waals surface area contributed by atoms with E-state index >= 15 is 0 Å². The predicted octanol–water partition coefficient (Wildman–Crippen LogP) is 3.76. The summed E-state index contributed by atoms with van der Waals surface area (Å²) in [5, 5.41) is 2.57. The zero-order valence-corrected chi connectivity index (χ0v) is 16.4. The van der Waals surface area contributed by atoms with Gasteiger partial charge in [0.2, 0.25) is 0 Å². The highest BCUT2D eigenvalue weighted by Crippen LogP contribution is 2.38. The molecule has 134 valence electrons. The molecule has 0 bridgehead atoms. The van der Waals surface area contributed by atoms with E-state index in [4.69, 9.17) is 4.74 Å². The average Bonchev–Trinajstić information content (AvgIpc) is 3.18. The molecule has 2 heterocycles. The summed E-state index contributed by atoms with van der Waals surface area (Å²) in [6.45, 7) is 1.96. The van der Waals surface area contributed by atoms with Crippen LogP contribution in [-0.4, -0.2) is 33.3 Å². The molecule has 0 aromatic carbocycles. The van der Waals surface area contributed by atoms with Crippen LogP contribution < -0.4 is 5.32 Å². The molecule has 6 nitrogen and oxygen atoms in total. The number of aryl methyl sites for hydroxylation is 2. The first kappa shape index (κ1) is 17.9. The molecular formula is C18H23BrN4O2. The van der Waals surface area contributed by atoms with Gasteiger partial charge in [0.05, 0.1) is 23.4 Å². The van der Waals surface area contributed by atoms with E-state index in [1.54, 1.807) is 13.4 Å². The average molecular weight is 407 g/mol. The van der Waals surface area contributed by atoms with Crippen molar-refractivity contribution < 1.29 is 9.53 Å². The number of nitrogens with zero attached hydrogens (tertiary/aromatic N) is 3. The first-order valence-corrected chi connectivity index (χ1v) is 9.28. The lowest BCUT2D eigenvalue weighted by atomic mass is 9.94. The van der Waals surface area contributed by atoms with Gasteiger partial charge in [0.15, 0.2) is 0 Å². The van der Waals surface area contributed by atoms with Crippen molar-refractivity contribution in [2.24, 2.45) is 7.05 Å². The number of alkyl carbamates (subject to hydrolysis) is 1. The second-order valence-electron chi connectivity index (χ2n) is 6.62. The largest absolute Gasteiger partial charge is 0.443 e. The lowest BCUT2D eigenvalue weighted by molar-refractivity contribution is 0.0163. The van der Waals surface area contributed by atoms with Gasteiger partial charge in [-0.3, -0.25) is 4.98 Å². The van der Waals surface area contributed by atoms with Crippen molar-refractivity contribution in [3.8, 4) is 11.4 Å². The highest BCUT2D eigenvalue weighted by atomic mass is 79.9. The number of carbonyl (C=O) groups excluding carboxylic acids is 1. The Morgan fingerprint density at radius 2 is 2.12 bits per heavy atom. The summed E-state index contributed by atoms with van der Waals surface area (Å²) in [5.41, 5.74) is 3.19. The molecule has 2 aromatic heterocycles. The zero-order valence-electron chi connectivity index (χ0n) is 14.8. The van der Waals surface area contributed by atoms with E-state index in [0.29, 0.717) is 6.42 Å². The minimum atomic E-state index is -0.465. The van der Waals surface area contributed by atoms with E-state index in [2.05, 4.69) is 31.2 Å². The van der Waals surface area contributed by atoms with Gasteiger partial charge in [-0.2, -0.15) is 0 Å². The van der Waals surface area contributed by atoms with E-state index in [9.17, 15) is 4.79 Å². The molecule has 0 radical (unpaired) electrons. The highest BCUT2D eigenvalue weighted by molar-refractivity contribution is 9.10. The van der Waals surface area contributed by atoms with Crippen molar-refractivity contribution in [2.75, 3.05) is 7.05 Å². The number of hydrogen-bond acceptors (Lipinski definition) is 4. The molecule has 0 unspecified atom stereocenters. The van der Waals surface area contributed by atoms with Gasteiger partial charge in [-0.05, 0) is 60.7 Å². The van der Waals surface area contributed by atoms with Crippen LogP contribution in [0, 0.1) is 6.92 Å². The van der Waals surface area contributed by atoms with Crippen LogP contribution in [0.1, 0.15) is 37.1 Å². The molecule has 2 aromatic rings. The maximum absolute atomic E-state index is 11.9. The van der Waals surface area contributed by atoms with Crippen molar-refractivity contribution in [2.45, 2.75) is 44.6 Å². The number of rotatable bonds is 4. The minimum Gasteiger partial charge on any atom is -0.443 e. The number of aromatic nitrogens is 3. The molecule has 1 amide bonds. The first-order chi connectivity index (χ1) is 11.9. The molecule has 7 heteroatoms. The second-order valence-corrected chi connectivity index (χ2v) is 7.48. The SMILES string of the molecule is CNC(=O)OC1(Cc2c(-c3ccc(Br)c(C)n3)ncn2C)CCCC1. The van der Waals surface area contributed by atoms with Gasteiger partial charge in [0, 0.05) is 25.0 Å². The standard InChI is InChI=1S/C18H23BrN4O2/c1-12-13(19)6-7-14(22-12)16-15(23(3)11-21-16)10-18(8-4-5-9-18)25-17(24)20-2/h6-7,11H,4-5,8-10H2,1-3H3,(H,20,24). The van der Waals surface area contributed by atoms with Crippen LogP contribution in [0.25, 0.3) is 11.4 Å². The van der Waals surface area contributed by atoms with Crippen LogP contribution in [0.2, 0.25) is 0 Å². The van der Waals surface area contributed by atoms with E-state index < -0.39 is 5.60 Å². The third-order valence-corrected chi connectivity index (χ3v) is 5.68. The Morgan fingerprint density at radius 3 is 2.76 bits per heavy atom. The van der Waals surface area contributed by atoms with E-state index in [0.717, 1.165) is 52.9 Å². The van der Waals surface area contributed by atoms with Crippen LogP contribution in [-0.2, 0) is 18.2 Å². The predicted molar refractivity (Wildman–Crippen MR) is 99.3 cm³/mol.